The number of nitrogens with zero attached hydrogens (tertiary/aromatic N) is 2. The van der Waals surface area contributed by atoms with E-state index in [0.29, 0.717) is 10.0 Å². The fraction of sp³-hybridized carbons (Fsp3) is 0.111. The molecule has 1 aliphatic heterocycles. The third-order valence-corrected chi connectivity index (χ3v) is 2.32. The van der Waals surface area contributed by atoms with Gasteiger partial charge in [0.05, 0.1) is 0 Å². The van der Waals surface area contributed by atoms with E-state index in [4.69, 9.17) is 23.2 Å². The Hall–Kier alpha value is -0.860. The zero-order valence-electron chi connectivity index (χ0n) is 6.61. The first-order valence-corrected chi connectivity index (χ1v) is 4.53. The molecule has 0 fully saturated rings. The summed E-state index contributed by atoms with van der Waals surface area (Å²) in [5, 5.41) is 1.23. The van der Waals surface area contributed by atoms with Gasteiger partial charge in [-0.25, -0.2) is 0 Å². The smallest absolute Gasteiger partial charge is 0.166 e. The summed E-state index contributed by atoms with van der Waals surface area (Å²) >= 11 is 11.7. The van der Waals surface area contributed by atoms with Gasteiger partial charge in [0.15, 0.2) is 6.17 Å². The minimum atomic E-state index is -0.190. The van der Waals surface area contributed by atoms with Crippen LogP contribution in [0, 0.1) is 0 Å². The average molecular weight is 213 g/mol. The van der Waals surface area contributed by atoms with Gasteiger partial charge < -0.3 is 0 Å². The Labute approximate surface area is 85.9 Å². The number of hydrogen-bond acceptors (Lipinski definition) is 2. The van der Waals surface area contributed by atoms with Crippen molar-refractivity contribution in [3.05, 3.63) is 33.8 Å². The molecular weight excluding hydrogens is 207 g/mol. The van der Waals surface area contributed by atoms with E-state index < -0.39 is 0 Å². The van der Waals surface area contributed by atoms with Crippen molar-refractivity contribution in [1.82, 2.24) is 0 Å². The van der Waals surface area contributed by atoms with Crippen molar-refractivity contribution in [3.63, 3.8) is 0 Å². The third kappa shape index (κ3) is 1.74. The molecule has 0 saturated carbocycles. The van der Waals surface area contributed by atoms with Crippen LogP contribution in [-0.4, -0.2) is 12.4 Å². The molecule has 1 aliphatic rings. The lowest BCUT2D eigenvalue weighted by molar-refractivity contribution is 0.802. The zero-order valence-corrected chi connectivity index (χ0v) is 8.13. The maximum Gasteiger partial charge on any atom is 0.166 e. The lowest BCUT2D eigenvalue weighted by Crippen LogP contribution is -1.89. The molecule has 2 rings (SSSR count). The number of benzene rings is 1. The first-order valence-electron chi connectivity index (χ1n) is 3.77. The number of rotatable bonds is 1. The van der Waals surface area contributed by atoms with Crippen molar-refractivity contribution < 1.29 is 0 Å². The van der Waals surface area contributed by atoms with Crippen LogP contribution in [0.5, 0.6) is 0 Å². The van der Waals surface area contributed by atoms with Crippen LogP contribution in [0.4, 0.5) is 0 Å². The standard InChI is InChI=1S/C9H6Cl2N2/c10-6-1-2-7(8(11)5-6)9-12-3-4-13-9/h1-5,9H. The zero-order chi connectivity index (χ0) is 9.26. The van der Waals surface area contributed by atoms with Crippen LogP contribution < -0.4 is 0 Å². The molecule has 0 aliphatic carbocycles. The van der Waals surface area contributed by atoms with E-state index in [1.54, 1.807) is 24.6 Å². The van der Waals surface area contributed by atoms with Gasteiger partial charge in [0.25, 0.3) is 0 Å². The molecule has 1 aromatic carbocycles. The molecule has 1 heterocycles. The van der Waals surface area contributed by atoms with Gasteiger partial charge in [-0.3, -0.25) is 9.98 Å². The molecule has 13 heavy (non-hydrogen) atoms. The summed E-state index contributed by atoms with van der Waals surface area (Å²) in [7, 11) is 0. The van der Waals surface area contributed by atoms with Crippen molar-refractivity contribution in [2.75, 3.05) is 0 Å². The van der Waals surface area contributed by atoms with Crippen LogP contribution in [-0.2, 0) is 0 Å². The second kappa shape index (κ2) is 3.48. The predicted molar refractivity (Wildman–Crippen MR) is 56.2 cm³/mol. The van der Waals surface area contributed by atoms with Crippen molar-refractivity contribution in [2.45, 2.75) is 6.17 Å². The van der Waals surface area contributed by atoms with E-state index in [0.717, 1.165) is 5.56 Å². The Balaban J connectivity index is 2.40. The predicted octanol–water partition coefficient (Wildman–Crippen LogP) is 3.15. The molecule has 2 nitrogen and oxygen atoms in total. The molecular formula is C9H6Cl2N2. The second-order valence-corrected chi connectivity index (χ2v) is 3.48. The van der Waals surface area contributed by atoms with Crippen LogP contribution in [0.25, 0.3) is 0 Å². The summed E-state index contributed by atoms with van der Waals surface area (Å²) in [6.07, 6.45) is 3.13. The molecule has 0 atom stereocenters. The Morgan fingerprint density at radius 2 is 1.77 bits per heavy atom. The SMILES string of the molecule is Clc1ccc(C2N=CC=N2)c(Cl)c1. The summed E-state index contributed by atoms with van der Waals surface area (Å²) in [5.74, 6) is 0. The van der Waals surface area contributed by atoms with E-state index >= 15 is 0 Å². The van der Waals surface area contributed by atoms with Gasteiger partial charge in [0, 0.05) is 28.0 Å². The third-order valence-electron chi connectivity index (χ3n) is 1.76. The summed E-state index contributed by atoms with van der Waals surface area (Å²) < 4.78 is 0. The summed E-state index contributed by atoms with van der Waals surface area (Å²) in [5.41, 5.74) is 0.885. The Morgan fingerprint density at radius 1 is 1.08 bits per heavy atom. The monoisotopic (exact) mass is 212 g/mol. The molecule has 0 amide bonds. The van der Waals surface area contributed by atoms with E-state index in [9.17, 15) is 0 Å². The van der Waals surface area contributed by atoms with Crippen molar-refractivity contribution in [3.8, 4) is 0 Å². The van der Waals surface area contributed by atoms with E-state index in [1.165, 1.54) is 0 Å². The number of halogens is 2. The molecule has 1 aromatic rings. The topological polar surface area (TPSA) is 24.7 Å². The molecule has 0 N–H and O–H groups in total. The molecule has 0 spiro atoms. The van der Waals surface area contributed by atoms with Gasteiger partial charge in [0.2, 0.25) is 0 Å². The minimum Gasteiger partial charge on any atom is -0.260 e. The quantitative estimate of drug-likeness (QED) is 0.684. The van der Waals surface area contributed by atoms with Gasteiger partial charge in [0.1, 0.15) is 0 Å². The van der Waals surface area contributed by atoms with Crippen LogP contribution in [0.1, 0.15) is 11.7 Å². The van der Waals surface area contributed by atoms with E-state index in [-0.39, 0.29) is 6.17 Å². The Bertz CT molecular complexity index is 373. The normalized spacial score (nSPS) is 15.5. The second-order valence-electron chi connectivity index (χ2n) is 2.64. The summed E-state index contributed by atoms with van der Waals surface area (Å²) in [4.78, 5) is 8.24. The van der Waals surface area contributed by atoms with Crippen molar-refractivity contribution >= 4 is 35.6 Å². The van der Waals surface area contributed by atoms with Crippen LogP contribution >= 0.6 is 23.2 Å². The highest BCUT2D eigenvalue weighted by Gasteiger charge is 2.12. The van der Waals surface area contributed by atoms with Crippen LogP contribution in [0.2, 0.25) is 10.0 Å². The maximum absolute atomic E-state index is 5.98. The number of aliphatic imine (C=N–C) groups is 2. The van der Waals surface area contributed by atoms with Gasteiger partial charge >= 0.3 is 0 Å². The van der Waals surface area contributed by atoms with Gasteiger partial charge in [-0.1, -0.05) is 29.3 Å². The molecule has 0 bridgehead atoms. The maximum atomic E-state index is 5.98. The van der Waals surface area contributed by atoms with Crippen LogP contribution in [0.3, 0.4) is 0 Å². The lowest BCUT2D eigenvalue weighted by atomic mass is 10.2. The highest BCUT2D eigenvalue weighted by Crippen LogP contribution is 2.29. The molecule has 0 aromatic heterocycles. The van der Waals surface area contributed by atoms with Crippen molar-refractivity contribution in [2.24, 2.45) is 9.98 Å². The van der Waals surface area contributed by atoms with Gasteiger partial charge in [-0.2, -0.15) is 0 Å². The number of hydrogen-bond donors (Lipinski definition) is 0. The first kappa shape index (κ1) is 8.73. The van der Waals surface area contributed by atoms with Gasteiger partial charge in [-0.05, 0) is 12.1 Å². The molecule has 0 unspecified atom stereocenters. The van der Waals surface area contributed by atoms with Crippen LogP contribution in [0.15, 0.2) is 28.2 Å². The minimum absolute atomic E-state index is 0.190. The fourth-order valence-electron chi connectivity index (χ4n) is 1.15. The van der Waals surface area contributed by atoms with Crippen molar-refractivity contribution in [1.29, 1.82) is 0 Å². The van der Waals surface area contributed by atoms with E-state index in [2.05, 4.69) is 9.98 Å². The first-order chi connectivity index (χ1) is 6.27. The molecule has 0 saturated heterocycles. The molecule has 66 valence electrons. The van der Waals surface area contributed by atoms with E-state index in [1.807, 2.05) is 6.07 Å². The summed E-state index contributed by atoms with van der Waals surface area (Å²) in [6.45, 7) is 0. The largest absolute Gasteiger partial charge is 0.260 e. The Morgan fingerprint density at radius 3 is 2.38 bits per heavy atom. The molecule has 4 heteroatoms. The lowest BCUT2D eigenvalue weighted by Gasteiger charge is -2.06. The molecule has 0 radical (unpaired) electrons. The highest BCUT2D eigenvalue weighted by molar-refractivity contribution is 6.35. The Kier molecular flexibility index (Phi) is 2.34. The highest BCUT2D eigenvalue weighted by atomic mass is 35.5. The average Bonchev–Trinajstić information content (AvgIpc) is 2.56. The fourth-order valence-corrected chi connectivity index (χ4v) is 1.66. The summed E-state index contributed by atoms with van der Waals surface area (Å²) in [6, 6.07) is 5.32. The van der Waals surface area contributed by atoms with Gasteiger partial charge in [-0.15, -0.1) is 0 Å².